The number of methoxy groups -OCH3 is 1. The first-order valence-electron chi connectivity index (χ1n) is 16.5. The van der Waals surface area contributed by atoms with Crippen LogP contribution in [0, 0.1) is 34.1 Å². The first kappa shape index (κ1) is 40.1. The lowest BCUT2D eigenvalue weighted by Gasteiger charge is -2.31. The number of hydrogen-bond donors (Lipinski definition) is 1. The van der Waals surface area contributed by atoms with Crippen LogP contribution in [-0.2, 0) is 9.59 Å². The lowest BCUT2D eigenvalue weighted by molar-refractivity contribution is -0.491. The van der Waals surface area contributed by atoms with Crippen molar-refractivity contribution in [1.29, 1.82) is 0 Å². The van der Waals surface area contributed by atoms with Crippen LogP contribution in [0.1, 0.15) is 82.8 Å². The number of H-pyrrole nitrogens is 1. The number of carbonyl (C=O) groups excluding carboxylic acids is 4. The van der Waals surface area contributed by atoms with Gasteiger partial charge < -0.3 is 9.72 Å². The Bertz CT molecular complexity index is 2380. The average Bonchev–Trinajstić information content (AvgIpc) is 3.10. The number of rotatable bonds is 7. The van der Waals surface area contributed by atoms with Gasteiger partial charge in [0.15, 0.2) is 5.82 Å². The predicted octanol–water partition coefficient (Wildman–Crippen LogP) is 5.44. The van der Waals surface area contributed by atoms with E-state index >= 15 is 0 Å². The Morgan fingerprint density at radius 2 is 1.22 bits per heavy atom. The van der Waals surface area contributed by atoms with Crippen molar-refractivity contribution in [3.8, 4) is 5.88 Å². The van der Waals surface area contributed by atoms with E-state index in [1.165, 1.54) is 13.2 Å². The van der Waals surface area contributed by atoms with Crippen LogP contribution in [0.3, 0.4) is 0 Å². The van der Waals surface area contributed by atoms with Crippen LogP contribution in [0.15, 0.2) is 41.5 Å². The molecule has 0 bridgehead atoms. The number of nitrogens with one attached hydrogen (secondary N) is 1. The van der Waals surface area contributed by atoms with E-state index < -0.39 is 50.9 Å². The number of aromatic amines is 1. The maximum Gasteiger partial charge on any atom is 0.352 e. The van der Waals surface area contributed by atoms with Gasteiger partial charge >= 0.3 is 23.9 Å². The third kappa shape index (κ3) is 7.01. The zero-order valence-corrected chi connectivity index (χ0v) is 31.8. The summed E-state index contributed by atoms with van der Waals surface area (Å²) in [7, 11) is 1.34. The van der Waals surface area contributed by atoms with Crippen LogP contribution in [-0.4, -0.2) is 72.4 Å². The number of aromatic nitrogens is 4. The van der Waals surface area contributed by atoms with E-state index in [1.54, 1.807) is 38.4 Å². The van der Waals surface area contributed by atoms with Crippen LogP contribution in [0.25, 0.3) is 0 Å². The molecule has 0 fully saturated rings. The number of nitro groups is 2. The average molecular weight is 796 g/mol. The maximum atomic E-state index is 13.1. The summed E-state index contributed by atoms with van der Waals surface area (Å²) in [6, 6.07) is 1.40. The van der Waals surface area contributed by atoms with Gasteiger partial charge in [-0.05, 0) is 61.1 Å². The molecule has 0 radical (unpaired) electrons. The molecule has 1 N–H and O–H groups in total. The number of ether oxygens (including phenoxy) is 1. The number of pyridine rings is 4. The topological polar surface area (TPSA) is 242 Å². The van der Waals surface area contributed by atoms with Gasteiger partial charge in [-0.2, -0.15) is 4.98 Å². The lowest BCUT2D eigenvalue weighted by Crippen LogP contribution is -2.51. The molecule has 286 valence electrons. The second-order valence-corrected chi connectivity index (χ2v) is 13.9. The third-order valence-corrected chi connectivity index (χ3v) is 9.29. The van der Waals surface area contributed by atoms with Gasteiger partial charge in [0.05, 0.1) is 41.0 Å². The highest BCUT2D eigenvalue weighted by atomic mass is 35.5. The van der Waals surface area contributed by atoms with Gasteiger partial charge in [-0.15, -0.1) is 0 Å². The summed E-state index contributed by atoms with van der Waals surface area (Å²) in [5, 5.41) is 22.7. The standard InChI is InChI=1S/C18H17ClN4O5.C17H15ClN4O5/c1-8(2)12-13(9(3)5-6-20-12)22-16-10(7-11(19)17(21-16)28-4)15(24)14(18(22)25)23(26)27;1-7(2)11-12(8(3)4-5-19-11)21-15-9(6-10(18)16(24)20-15)14(23)13(17(21)25)22(26)27/h5-8,14H,1-4H3;4-7,13H,1-3H3,(H,20,24). The summed E-state index contributed by atoms with van der Waals surface area (Å²) in [5.74, 6) is -4.48. The van der Waals surface area contributed by atoms with Crippen molar-refractivity contribution in [1.82, 2.24) is 19.9 Å². The normalized spacial score (nSPS) is 16.5. The summed E-state index contributed by atoms with van der Waals surface area (Å²) in [6.07, 6.45) is 3.15. The molecule has 0 spiro atoms. The first-order valence-corrected chi connectivity index (χ1v) is 17.2. The molecule has 20 heteroatoms. The zero-order chi connectivity index (χ0) is 40.8. The van der Waals surface area contributed by atoms with Gasteiger partial charge in [0.1, 0.15) is 15.9 Å². The maximum absolute atomic E-state index is 13.1. The lowest BCUT2D eigenvalue weighted by atomic mass is 9.96. The quantitative estimate of drug-likeness (QED) is 0.139. The smallest absolute Gasteiger partial charge is 0.352 e. The molecule has 6 heterocycles. The molecular weight excluding hydrogens is 763 g/mol. The molecule has 18 nitrogen and oxygen atoms in total. The van der Waals surface area contributed by atoms with Crippen LogP contribution < -0.4 is 20.1 Å². The second kappa shape index (κ2) is 15.3. The number of ketones is 2. The minimum absolute atomic E-state index is 0.00166. The van der Waals surface area contributed by atoms with E-state index in [0.717, 1.165) is 15.9 Å². The van der Waals surface area contributed by atoms with Crippen LogP contribution in [0.4, 0.5) is 23.0 Å². The minimum atomic E-state index is -2.13. The zero-order valence-electron chi connectivity index (χ0n) is 30.2. The van der Waals surface area contributed by atoms with Crippen molar-refractivity contribution < 1.29 is 33.8 Å². The molecular formula is C35H32Cl2N8O10. The third-order valence-electron chi connectivity index (χ3n) is 8.73. The Morgan fingerprint density at radius 1 is 0.764 bits per heavy atom. The van der Waals surface area contributed by atoms with Gasteiger partial charge in [0, 0.05) is 22.2 Å². The van der Waals surface area contributed by atoms with Crippen molar-refractivity contribution in [2.75, 3.05) is 16.9 Å². The van der Waals surface area contributed by atoms with Crippen molar-refractivity contribution in [3.63, 3.8) is 0 Å². The molecule has 2 unspecified atom stereocenters. The van der Waals surface area contributed by atoms with E-state index in [0.29, 0.717) is 33.9 Å². The van der Waals surface area contributed by atoms with Crippen molar-refractivity contribution in [2.24, 2.45) is 0 Å². The fourth-order valence-electron chi connectivity index (χ4n) is 6.17. The first-order chi connectivity index (χ1) is 25.8. The van der Waals surface area contributed by atoms with Crippen LogP contribution in [0.5, 0.6) is 5.88 Å². The van der Waals surface area contributed by atoms with Gasteiger partial charge in [0.25, 0.3) is 5.56 Å². The van der Waals surface area contributed by atoms with E-state index in [9.17, 15) is 44.2 Å². The summed E-state index contributed by atoms with van der Waals surface area (Å²) in [6.45, 7) is 10.9. The number of halogens is 2. The summed E-state index contributed by atoms with van der Waals surface area (Å²) >= 11 is 11.9. The Kier molecular flexibility index (Phi) is 11.1. The molecule has 4 aromatic heterocycles. The van der Waals surface area contributed by atoms with Crippen LogP contribution in [0.2, 0.25) is 10.0 Å². The van der Waals surface area contributed by atoms with Crippen LogP contribution >= 0.6 is 23.2 Å². The summed E-state index contributed by atoms with van der Waals surface area (Å²) < 4.78 is 5.11. The summed E-state index contributed by atoms with van der Waals surface area (Å²) in [5.41, 5.74) is 1.95. The van der Waals surface area contributed by atoms with E-state index in [1.807, 2.05) is 27.7 Å². The molecule has 2 atom stereocenters. The minimum Gasteiger partial charge on any atom is -0.480 e. The number of Topliss-reactive ketones (excluding diaryl/α,β-unsaturated/α-hetero) is 2. The number of fused-ring (bicyclic) bond motifs is 2. The van der Waals surface area contributed by atoms with E-state index in [4.69, 9.17) is 27.9 Å². The second-order valence-electron chi connectivity index (χ2n) is 13.0. The molecule has 0 saturated carbocycles. The van der Waals surface area contributed by atoms with Gasteiger partial charge in [-0.25, -0.2) is 0 Å². The molecule has 6 rings (SSSR count). The van der Waals surface area contributed by atoms with E-state index in [2.05, 4.69) is 19.9 Å². The number of hydrogen-bond acceptors (Lipinski definition) is 13. The van der Waals surface area contributed by atoms with Gasteiger partial charge in [0.2, 0.25) is 17.4 Å². The molecule has 0 saturated heterocycles. The predicted molar refractivity (Wildman–Crippen MR) is 199 cm³/mol. The number of amides is 2. The largest absolute Gasteiger partial charge is 0.480 e. The number of carbonyl (C=O) groups is 4. The highest BCUT2D eigenvalue weighted by Crippen LogP contribution is 2.42. The molecule has 2 aliphatic heterocycles. The Balaban J connectivity index is 0.000000211. The van der Waals surface area contributed by atoms with Gasteiger partial charge in [-0.3, -0.25) is 64.0 Å². The number of aryl methyl sites for hydroxylation is 2. The molecule has 0 aromatic carbocycles. The molecule has 2 aliphatic rings. The van der Waals surface area contributed by atoms with Crippen molar-refractivity contribution in [2.45, 2.75) is 65.5 Å². The Labute approximate surface area is 321 Å². The van der Waals surface area contributed by atoms with Gasteiger partial charge in [-0.1, -0.05) is 50.9 Å². The number of anilines is 4. The molecule has 4 aromatic rings. The van der Waals surface area contributed by atoms with Crippen molar-refractivity contribution in [3.05, 3.63) is 111 Å². The molecule has 55 heavy (non-hydrogen) atoms. The molecule has 2 amide bonds. The molecule has 0 aliphatic carbocycles. The van der Waals surface area contributed by atoms with Crippen molar-refractivity contribution >= 4 is 69.6 Å². The van der Waals surface area contributed by atoms with E-state index in [-0.39, 0.29) is 50.5 Å². The highest BCUT2D eigenvalue weighted by molar-refractivity contribution is 6.34. The number of nitrogens with zero attached hydrogens (tertiary/aromatic N) is 7. The SMILES string of the molecule is COc1nc2c(cc1Cl)C(=O)C([N+](=O)[O-])C(=O)N2c1c(C)ccnc1C(C)C.Cc1ccnc(C(C)C)c1N1C(=O)C([N+](=O)[O-])C(=O)c2cc(Cl)c(=O)[nH]c21. The highest BCUT2D eigenvalue weighted by Gasteiger charge is 2.51. The monoisotopic (exact) mass is 794 g/mol. The summed E-state index contributed by atoms with van der Waals surface area (Å²) in [4.78, 5) is 102. The Hall–Kier alpha value is -6.14. The Morgan fingerprint density at radius 3 is 1.69 bits per heavy atom. The fraction of sp³-hybridized carbons (Fsp3) is 0.314. The fourth-order valence-corrected chi connectivity index (χ4v) is 6.56.